The monoisotopic (exact) mass is 343 g/mol. The lowest BCUT2D eigenvalue weighted by atomic mass is 9.88. The first-order valence-corrected chi connectivity index (χ1v) is 9.55. The summed E-state index contributed by atoms with van der Waals surface area (Å²) in [6.45, 7) is 1.55. The fraction of sp³-hybridized carbons (Fsp3) is 0.600. The molecule has 1 aliphatic heterocycles. The number of hydrogen-bond acceptors (Lipinski definition) is 3. The summed E-state index contributed by atoms with van der Waals surface area (Å²) < 4.78 is 0. The van der Waals surface area contributed by atoms with Crippen molar-refractivity contribution in [2.45, 2.75) is 51.0 Å². The van der Waals surface area contributed by atoms with Gasteiger partial charge in [-0.2, -0.15) is 0 Å². The largest absolute Gasteiger partial charge is 0.337 e. The number of amides is 2. The Hall–Kier alpha value is -1.88. The van der Waals surface area contributed by atoms with Crippen molar-refractivity contribution in [2.24, 2.45) is 5.92 Å². The van der Waals surface area contributed by atoms with Crippen LogP contribution in [0, 0.1) is 5.92 Å². The molecular formula is C20H29N3O2. The summed E-state index contributed by atoms with van der Waals surface area (Å²) in [4.78, 5) is 27.1. The van der Waals surface area contributed by atoms with Gasteiger partial charge in [-0.15, -0.1) is 0 Å². The molecule has 1 aromatic rings. The van der Waals surface area contributed by atoms with Gasteiger partial charge in [0.2, 0.25) is 5.91 Å². The zero-order valence-corrected chi connectivity index (χ0v) is 15.1. The van der Waals surface area contributed by atoms with Gasteiger partial charge in [-0.1, -0.05) is 25.3 Å². The Morgan fingerprint density at radius 2 is 1.88 bits per heavy atom. The number of likely N-dealkylation sites (tertiary alicyclic amines) is 1. The normalized spacial score (nSPS) is 21.8. The highest BCUT2D eigenvalue weighted by atomic mass is 16.2. The van der Waals surface area contributed by atoms with Gasteiger partial charge in [0.15, 0.2) is 0 Å². The van der Waals surface area contributed by atoms with Crippen molar-refractivity contribution >= 4 is 17.5 Å². The SMILES string of the molecule is CNC1CCCN(C(=O)c2cccc(NC(=O)C3CCCCC3)c2)C1. The van der Waals surface area contributed by atoms with Crippen LogP contribution < -0.4 is 10.6 Å². The number of rotatable bonds is 4. The molecule has 0 radical (unpaired) electrons. The lowest BCUT2D eigenvalue weighted by molar-refractivity contribution is -0.120. The van der Waals surface area contributed by atoms with E-state index >= 15 is 0 Å². The van der Waals surface area contributed by atoms with Crippen LogP contribution in [0.2, 0.25) is 0 Å². The second-order valence-corrected chi connectivity index (χ2v) is 7.28. The molecule has 0 aromatic heterocycles. The molecule has 1 heterocycles. The fourth-order valence-electron chi connectivity index (χ4n) is 3.92. The molecule has 2 fully saturated rings. The summed E-state index contributed by atoms with van der Waals surface area (Å²) in [6, 6.07) is 7.73. The Balaban J connectivity index is 1.64. The summed E-state index contributed by atoms with van der Waals surface area (Å²) in [5.41, 5.74) is 1.38. The van der Waals surface area contributed by atoms with Crippen molar-refractivity contribution < 1.29 is 9.59 Å². The van der Waals surface area contributed by atoms with Gasteiger partial charge in [-0.05, 0) is 50.9 Å². The van der Waals surface area contributed by atoms with Crippen molar-refractivity contribution in [1.82, 2.24) is 10.2 Å². The third-order valence-electron chi connectivity index (χ3n) is 5.47. The quantitative estimate of drug-likeness (QED) is 0.883. The molecule has 0 spiro atoms. The van der Waals surface area contributed by atoms with Crippen LogP contribution in [0.3, 0.4) is 0 Å². The number of benzene rings is 1. The molecule has 136 valence electrons. The van der Waals surface area contributed by atoms with Crippen LogP contribution in [0.25, 0.3) is 0 Å². The molecule has 5 nitrogen and oxygen atoms in total. The lowest BCUT2D eigenvalue weighted by Gasteiger charge is -2.32. The summed E-state index contributed by atoms with van der Waals surface area (Å²) in [5, 5.41) is 6.27. The van der Waals surface area contributed by atoms with Crippen LogP contribution in [0.15, 0.2) is 24.3 Å². The van der Waals surface area contributed by atoms with Crippen LogP contribution in [-0.2, 0) is 4.79 Å². The number of anilines is 1. The molecule has 0 bridgehead atoms. The van der Waals surface area contributed by atoms with E-state index in [2.05, 4.69) is 10.6 Å². The van der Waals surface area contributed by atoms with Gasteiger partial charge in [0.05, 0.1) is 0 Å². The molecule has 1 aromatic carbocycles. The third kappa shape index (κ3) is 4.60. The van der Waals surface area contributed by atoms with E-state index in [0.29, 0.717) is 11.6 Å². The molecule has 1 atom stereocenters. The van der Waals surface area contributed by atoms with E-state index in [-0.39, 0.29) is 17.7 Å². The Morgan fingerprint density at radius 3 is 2.64 bits per heavy atom. The van der Waals surface area contributed by atoms with Gasteiger partial charge >= 0.3 is 0 Å². The van der Waals surface area contributed by atoms with E-state index in [0.717, 1.165) is 57.3 Å². The molecule has 25 heavy (non-hydrogen) atoms. The lowest BCUT2D eigenvalue weighted by Crippen LogP contribution is -2.46. The summed E-state index contributed by atoms with van der Waals surface area (Å²) in [7, 11) is 1.94. The predicted molar refractivity (Wildman–Crippen MR) is 99.6 cm³/mol. The Kier molecular flexibility index (Phi) is 6.08. The van der Waals surface area contributed by atoms with E-state index in [4.69, 9.17) is 0 Å². The summed E-state index contributed by atoms with van der Waals surface area (Å²) >= 11 is 0. The molecule has 2 aliphatic rings. The second-order valence-electron chi connectivity index (χ2n) is 7.28. The maximum absolute atomic E-state index is 12.8. The molecule has 5 heteroatoms. The number of carbonyl (C=O) groups excluding carboxylic acids is 2. The molecule has 1 saturated carbocycles. The molecule has 2 amide bonds. The molecule has 1 aliphatic carbocycles. The zero-order valence-electron chi connectivity index (χ0n) is 15.1. The average molecular weight is 343 g/mol. The zero-order chi connectivity index (χ0) is 17.6. The first-order chi connectivity index (χ1) is 12.2. The van der Waals surface area contributed by atoms with E-state index in [1.807, 2.05) is 36.2 Å². The molecular weight excluding hydrogens is 314 g/mol. The van der Waals surface area contributed by atoms with Gasteiger partial charge in [0, 0.05) is 36.3 Å². The van der Waals surface area contributed by atoms with E-state index in [9.17, 15) is 9.59 Å². The number of piperidine rings is 1. The van der Waals surface area contributed by atoms with Crippen molar-refractivity contribution in [3.05, 3.63) is 29.8 Å². The van der Waals surface area contributed by atoms with Crippen LogP contribution in [0.5, 0.6) is 0 Å². The molecule has 2 N–H and O–H groups in total. The minimum absolute atomic E-state index is 0.0497. The highest BCUT2D eigenvalue weighted by molar-refractivity contribution is 5.97. The first kappa shape index (κ1) is 17.9. The average Bonchev–Trinajstić information content (AvgIpc) is 2.68. The van der Waals surface area contributed by atoms with Crippen molar-refractivity contribution in [2.75, 3.05) is 25.5 Å². The number of likely N-dealkylation sites (N-methyl/N-ethyl adjacent to an activating group) is 1. The van der Waals surface area contributed by atoms with Crippen LogP contribution in [-0.4, -0.2) is 42.9 Å². The van der Waals surface area contributed by atoms with E-state index in [1.165, 1.54) is 6.42 Å². The molecule has 3 rings (SSSR count). The fourth-order valence-corrected chi connectivity index (χ4v) is 3.92. The van der Waals surface area contributed by atoms with Crippen molar-refractivity contribution in [3.63, 3.8) is 0 Å². The van der Waals surface area contributed by atoms with Crippen LogP contribution in [0.1, 0.15) is 55.3 Å². The first-order valence-electron chi connectivity index (χ1n) is 9.55. The number of nitrogens with one attached hydrogen (secondary N) is 2. The molecule has 1 unspecified atom stereocenters. The smallest absolute Gasteiger partial charge is 0.253 e. The molecule has 1 saturated heterocycles. The topological polar surface area (TPSA) is 61.4 Å². The standard InChI is InChI=1S/C20H29N3O2/c1-21-18-11-6-12-23(14-18)20(25)16-9-5-10-17(13-16)22-19(24)15-7-3-2-4-8-15/h5,9-10,13,15,18,21H,2-4,6-8,11-12,14H2,1H3,(H,22,24). The third-order valence-corrected chi connectivity index (χ3v) is 5.47. The second kappa shape index (κ2) is 8.48. The van der Waals surface area contributed by atoms with Crippen LogP contribution >= 0.6 is 0 Å². The van der Waals surface area contributed by atoms with E-state index < -0.39 is 0 Å². The van der Waals surface area contributed by atoms with Gasteiger partial charge in [0.25, 0.3) is 5.91 Å². The van der Waals surface area contributed by atoms with Gasteiger partial charge in [0.1, 0.15) is 0 Å². The number of hydrogen-bond donors (Lipinski definition) is 2. The maximum Gasteiger partial charge on any atom is 0.253 e. The summed E-state index contributed by atoms with van der Waals surface area (Å²) in [6.07, 6.45) is 7.59. The Morgan fingerprint density at radius 1 is 1.08 bits per heavy atom. The Labute approximate surface area is 150 Å². The van der Waals surface area contributed by atoms with E-state index in [1.54, 1.807) is 0 Å². The highest BCUT2D eigenvalue weighted by Crippen LogP contribution is 2.25. The highest BCUT2D eigenvalue weighted by Gasteiger charge is 2.24. The predicted octanol–water partition coefficient (Wildman–Crippen LogP) is 3.03. The van der Waals surface area contributed by atoms with Gasteiger partial charge in [-0.3, -0.25) is 9.59 Å². The Bertz CT molecular complexity index is 611. The van der Waals surface area contributed by atoms with Crippen molar-refractivity contribution in [1.29, 1.82) is 0 Å². The number of nitrogens with zero attached hydrogens (tertiary/aromatic N) is 1. The maximum atomic E-state index is 12.8. The number of carbonyl (C=O) groups is 2. The van der Waals surface area contributed by atoms with Crippen molar-refractivity contribution in [3.8, 4) is 0 Å². The van der Waals surface area contributed by atoms with Gasteiger partial charge < -0.3 is 15.5 Å². The minimum Gasteiger partial charge on any atom is -0.337 e. The van der Waals surface area contributed by atoms with Gasteiger partial charge in [-0.25, -0.2) is 0 Å². The summed E-state index contributed by atoms with van der Waals surface area (Å²) in [5.74, 6) is 0.262. The van der Waals surface area contributed by atoms with Crippen LogP contribution in [0.4, 0.5) is 5.69 Å². The minimum atomic E-state index is 0.0497.